The minimum absolute atomic E-state index is 0.120. The predicted octanol–water partition coefficient (Wildman–Crippen LogP) is 5.25. The first-order chi connectivity index (χ1) is 15.1. The first-order valence-electron chi connectivity index (χ1n) is 11.9. The zero-order chi connectivity index (χ0) is 21.6. The fraction of sp³-hybridized carbons (Fsp3) is 0.577. The maximum atomic E-state index is 13.0. The van der Waals surface area contributed by atoms with Crippen LogP contribution in [0.3, 0.4) is 0 Å². The van der Waals surface area contributed by atoms with Gasteiger partial charge in [0.15, 0.2) is 0 Å². The normalized spacial score (nSPS) is 19.4. The lowest BCUT2D eigenvalue weighted by molar-refractivity contribution is 0.0703. The highest BCUT2D eigenvalue weighted by molar-refractivity contribution is 5.97. The third kappa shape index (κ3) is 5.70. The van der Waals surface area contributed by atoms with Gasteiger partial charge in [0.2, 0.25) is 0 Å². The first kappa shape index (κ1) is 21.9. The zero-order valence-corrected chi connectivity index (χ0v) is 19.0. The summed E-state index contributed by atoms with van der Waals surface area (Å²) in [6, 6.07) is 11.9. The molecule has 0 spiro atoms. The molecule has 1 amide bonds. The summed E-state index contributed by atoms with van der Waals surface area (Å²) < 4.78 is 12.1. The van der Waals surface area contributed by atoms with Crippen molar-refractivity contribution in [1.29, 1.82) is 0 Å². The van der Waals surface area contributed by atoms with Crippen LogP contribution >= 0.6 is 0 Å². The number of rotatable bonds is 7. The summed E-state index contributed by atoms with van der Waals surface area (Å²) in [7, 11) is 0. The lowest BCUT2D eigenvalue weighted by Crippen LogP contribution is -2.39. The Labute approximate surface area is 186 Å². The topological polar surface area (TPSA) is 45.9 Å². The number of para-hydroxylation sites is 1. The maximum absolute atomic E-state index is 13.0. The van der Waals surface area contributed by atoms with Crippen LogP contribution in [0.4, 0.5) is 0 Å². The molecule has 1 atom stereocenters. The van der Waals surface area contributed by atoms with Crippen LogP contribution < -0.4 is 4.74 Å². The van der Waals surface area contributed by atoms with E-state index in [1.165, 1.54) is 6.42 Å². The van der Waals surface area contributed by atoms with Crippen LogP contribution in [0.5, 0.6) is 5.75 Å². The number of nitrogens with zero attached hydrogens (tertiary/aromatic N) is 2. The van der Waals surface area contributed by atoms with Crippen LogP contribution in [0, 0.1) is 6.92 Å². The van der Waals surface area contributed by atoms with Crippen LogP contribution in [0.15, 0.2) is 40.8 Å². The Kier molecular flexibility index (Phi) is 7.33. The third-order valence-corrected chi connectivity index (χ3v) is 6.71. The molecule has 0 unspecified atom stereocenters. The van der Waals surface area contributed by atoms with Crippen molar-refractivity contribution in [1.82, 2.24) is 9.80 Å². The summed E-state index contributed by atoms with van der Waals surface area (Å²) in [6.45, 7) is 9.12. The van der Waals surface area contributed by atoms with Gasteiger partial charge in [-0.05, 0) is 76.3 Å². The Bertz CT molecular complexity index is 848. The summed E-state index contributed by atoms with van der Waals surface area (Å²) >= 11 is 0. The molecule has 0 N–H and O–H groups in total. The lowest BCUT2D eigenvalue weighted by Gasteiger charge is -2.33. The van der Waals surface area contributed by atoms with Crippen molar-refractivity contribution in [2.45, 2.75) is 64.4 Å². The molecule has 2 aromatic rings. The van der Waals surface area contributed by atoms with Crippen molar-refractivity contribution in [3.05, 3.63) is 53.5 Å². The molecule has 4 rings (SSSR count). The van der Waals surface area contributed by atoms with Crippen molar-refractivity contribution in [3.63, 3.8) is 0 Å². The van der Waals surface area contributed by atoms with Crippen molar-refractivity contribution in [2.75, 3.05) is 32.7 Å². The number of piperidine rings is 2. The number of aryl methyl sites for hydroxylation is 1. The van der Waals surface area contributed by atoms with Crippen molar-refractivity contribution < 1.29 is 13.9 Å². The van der Waals surface area contributed by atoms with Gasteiger partial charge in [0.25, 0.3) is 5.91 Å². The Morgan fingerprint density at radius 3 is 2.52 bits per heavy atom. The van der Waals surface area contributed by atoms with Crippen molar-refractivity contribution >= 4 is 5.91 Å². The van der Waals surface area contributed by atoms with Crippen LogP contribution in [-0.4, -0.2) is 54.5 Å². The van der Waals surface area contributed by atoms with Crippen LogP contribution in [-0.2, 0) is 0 Å². The minimum Gasteiger partial charge on any atom is -0.489 e. The van der Waals surface area contributed by atoms with Gasteiger partial charge in [-0.3, -0.25) is 4.79 Å². The summed E-state index contributed by atoms with van der Waals surface area (Å²) in [4.78, 5) is 17.5. The fourth-order valence-electron chi connectivity index (χ4n) is 4.68. The standard InChI is InChI=1S/C26H36N2O3/c1-20(24-11-10-21(2)30-24)12-17-27-18-13-22(14-19-27)31-25-9-5-4-8-23(25)26(29)28-15-6-3-7-16-28/h4-5,8-11,20,22H,3,6-7,12-19H2,1-2H3/t20-/m0/s1. The molecule has 2 saturated heterocycles. The Morgan fingerprint density at radius 1 is 1.06 bits per heavy atom. The van der Waals surface area contributed by atoms with E-state index in [2.05, 4.69) is 17.9 Å². The fourth-order valence-corrected chi connectivity index (χ4v) is 4.68. The molecule has 31 heavy (non-hydrogen) atoms. The average Bonchev–Trinajstić information content (AvgIpc) is 3.25. The molecule has 3 heterocycles. The molecule has 2 aliphatic heterocycles. The highest BCUT2D eigenvalue weighted by Gasteiger charge is 2.25. The number of amides is 1. The molecule has 1 aromatic heterocycles. The SMILES string of the molecule is Cc1ccc([C@@H](C)CCN2CCC(Oc3ccccc3C(=O)N3CCCCC3)CC2)o1. The molecule has 0 radical (unpaired) electrons. The Hall–Kier alpha value is -2.27. The third-order valence-electron chi connectivity index (χ3n) is 6.71. The van der Waals surface area contributed by atoms with E-state index in [1.54, 1.807) is 0 Å². The zero-order valence-electron chi connectivity index (χ0n) is 19.0. The monoisotopic (exact) mass is 424 g/mol. The predicted molar refractivity (Wildman–Crippen MR) is 123 cm³/mol. The highest BCUT2D eigenvalue weighted by Crippen LogP contribution is 2.27. The van der Waals surface area contributed by atoms with Crippen LogP contribution in [0.1, 0.15) is 73.2 Å². The number of likely N-dealkylation sites (tertiary alicyclic amines) is 2. The molecule has 0 aliphatic carbocycles. The first-order valence-corrected chi connectivity index (χ1v) is 11.9. The van der Waals surface area contributed by atoms with E-state index in [-0.39, 0.29) is 12.0 Å². The van der Waals surface area contributed by atoms with Gasteiger partial charge in [0, 0.05) is 32.1 Å². The van der Waals surface area contributed by atoms with Gasteiger partial charge in [0.05, 0.1) is 5.56 Å². The van der Waals surface area contributed by atoms with E-state index < -0.39 is 0 Å². The number of furan rings is 1. The molecule has 2 aliphatic rings. The number of hydrogen-bond donors (Lipinski definition) is 0. The van der Waals surface area contributed by atoms with E-state index in [9.17, 15) is 4.79 Å². The second-order valence-electron chi connectivity index (χ2n) is 9.15. The Balaban J connectivity index is 1.27. The molecule has 0 bridgehead atoms. The second-order valence-corrected chi connectivity index (χ2v) is 9.15. The highest BCUT2D eigenvalue weighted by atomic mass is 16.5. The molecule has 5 nitrogen and oxygen atoms in total. The number of carbonyl (C=O) groups is 1. The summed E-state index contributed by atoms with van der Waals surface area (Å²) in [5.41, 5.74) is 0.717. The molecular formula is C26H36N2O3. The lowest BCUT2D eigenvalue weighted by atomic mass is 10.0. The Morgan fingerprint density at radius 2 is 1.81 bits per heavy atom. The van der Waals surface area contributed by atoms with E-state index in [0.717, 1.165) is 87.7 Å². The van der Waals surface area contributed by atoms with Crippen molar-refractivity contribution in [3.8, 4) is 5.75 Å². The molecule has 5 heteroatoms. The number of carbonyl (C=O) groups excluding carboxylic acids is 1. The quantitative estimate of drug-likeness (QED) is 0.609. The van der Waals surface area contributed by atoms with Gasteiger partial charge in [-0.1, -0.05) is 19.1 Å². The number of hydrogen-bond acceptors (Lipinski definition) is 4. The van der Waals surface area contributed by atoms with E-state index in [1.807, 2.05) is 42.2 Å². The number of benzene rings is 1. The van der Waals surface area contributed by atoms with Gasteiger partial charge < -0.3 is 19.0 Å². The largest absolute Gasteiger partial charge is 0.489 e. The van der Waals surface area contributed by atoms with E-state index >= 15 is 0 Å². The van der Waals surface area contributed by atoms with Gasteiger partial charge in [-0.2, -0.15) is 0 Å². The smallest absolute Gasteiger partial charge is 0.257 e. The van der Waals surface area contributed by atoms with Gasteiger partial charge in [-0.25, -0.2) is 0 Å². The molecular weight excluding hydrogens is 388 g/mol. The van der Waals surface area contributed by atoms with E-state index in [0.29, 0.717) is 5.92 Å². The molecule has 1 aromatic carbocycles. The average molecular weight is 425 g/mol. The maximum Gasteiger partial charge on any atom is 0.257 e. The van der Waals surface area contributed by atoms with E-state index in [4.69, 9.17) is 9.15 Å². The van der Waals surface area contributed by atoms with Crippen LogP contribution in [0.25, 0.3) is 0 Å². The van der Waals surface area contributed by atoms with Gasteiger partial charge in [-0.15, -0.1) is 0 Å². The number of ether oxygens (including phenoxy) is 1. The minimum atomic E-state index is 0.120. The van der Waals surface area contributed by atoms with Gasteiger partial charge >= 0.3 is 0 Å². The summed E-state index contributed by atoms with van der Waals surface area (Å²) in [5, 5.41) is 0. The second kappa shape index (κ2) is 10.4. The molecule has 168 valence electrons. The van der Waals surface area contributed by atoms with Crippen molar-refractivity contribution in [2.24, 2.45) is 0 Å². The van der Waals surface area contributed by atoms with Crippen LogP contribution in [0.2, 0.25) is 0 Å². The summed E-state index contributed by atoms with van der Waals surface area (Å²) in [5.74, 6) is 3.38. The molecule has 2 fully saturated rings. The van der Waals surface area contributed by atoms with Gasteiger partial charge in [0.1, 0.15) is 23.4 Å². The summed E-state index contributed by atoms with van der Waals surface area (Å²) in [6.07, 6.45) is 6.71. The molecule has 0 saturated carbocycles.